The molecule has 1 heterocycles. The van der Waals surface area contributed by atoms with Crippen molar-refractivity contribution in [3.63, 3.8) is 0 Å². The van der Waals surface area contributed by atoms with E-state index in [9.17, 15) is 13.2 Å². The third-order valence-corrected chi connectivity index (χ3v) is 5.74. The second-order valence-corrected chi connectivity index (χ2v) is 7.73. The van der Waals surface area contributed by atoms with Gasteiger partial charge >= 0.3 is 0 Å². The van der Waals surface area contributed by atoms with Crippen molar-refractivity contribution in [2.24, 2.45) is 0 Å². The first-order chi connectivity index (χ1) is 12.0. The largest absolute Gasteiger partial charge is 0.469 e. The lowest BCUT2D eigenvalue weighted by Crippen LogP contribution is -2.32. The molecule has 0 fully saturated rings. The van der Waals surface area contributed by atoms with Crippen LogP contribution in [0.15, 0.2) is 47.1 Å². The van der Waals surface area contributed by atoms with Gasteiger partial charge in [0.05, 0.1) is 17.7 Å². The molecule has 2 rings (SSSR count). The Bertz CT molecular complexity index is 768. The summed E-state index contributed by atoms with van der Waals surface area (Å²) in [7, 11) is -3.31. The highest BCUT2D eigenvalue weighted by molar-refractivity contribution is 7.92. The van der Waals surface area contributed by atoms with Crippen LogP contribution in [-0.2, 0) is 16.4 Å². The van der Waals surface area contributed by atoms with Crippen LogP contribution < -0.4 is 9.62 Å². The number of anilines is 1. The predicted molar refractivity (Wildman–Crippen MR) is 98.3 cm³/mol. The minimum Gasteiger partial charge on any atom is -0.469 e. The highest BCUT2D eigenvalue weighted by Gasteiger charge is 2.18. The van der Waals surface area contributed by atoms with Gasteiger partial charge in [-0.3, -0.25) is 9.10 Å². The number of hydrogen-bond acceptors (Lipinski definition) is 4. The molecule has 0 radical (unpaired) electrons. The summed E-state index contributed by atoms with van der Waals surface area (Å²) in [6.07, 6.45) is 3.19. The van der Waals surface area contributed by atoms with Gasteiger partial charge in [-0.1, -0.05) is 0 Å². The molecule has 1 amide bonds. The molecule has 0 saturated carbocycles. The molecular weight excluding hydrogens is 340 g/mol. The number of nitrogens with zero attached hydrogens (tertiary/aromatic N) is 1. The number of rotatable bonds is 9. The van der Waals surface area contributed by atoms with E-state index in [2.05, 4.69) is 5.32 Å². The molecule has 25 heavy (non-hydrogen) atoms. The maximum atomic E-state index is 12.1. The fraction of sp³-hybridized carbons (Fsp3) is 0.389. The number of benzene rings is 1. The van der Waals surface area contributed by atoms with Gasteiger partial charge in [0.25, 0.3) is 5.91 Å². The maximum absolute atomic E-state index is 12.1. The summed E-state index contributed by atoms with van der Waals surface area (Å²) in [6.45, 7) is 4.30. The van der Waals surface area contributed by atoms with E-state index in [1.165, 1.54) is 4.31 Å². The van der Waals surface area contributed by atoms with Crippen LogP contribution in [0.5, 0.6) is 0 Å². The normalized spacial score (nSPS) is 11.3. The number of sulfonamides is 1. The number of carbonyl (C=O) groups is 1. The fourth-order valence-corrected chi connectivity index (χ4v) is 3.64. The summed E-state index contributed by atoms with van der Waals surface area (Å²) < 4.78 is 30.7. The molecule has 0 spiro atoms. The van der Waals surface area contributed by atoms with Crippen LogP contribution in [0, 0.1) is 0 Å². The molecule has 136 valence electrons. The van der Waals surface area contributed by atoms with Gasteiger partial charge < -0.3 is 9.73 Å². The number of carbonyl (C=O) groups excluding carboxylic acids is 1. The van der Waals surface area contributed by atoms with Gasteiger partial charge in [-0.25, -0.2) is 8.42 Å². The number of aryl methyl sites for hydroxylation is 1. The molecule has 0 unspecified atom stereocenters. The van der Waals surface area contributed by atoms with Gasteiger partial charge in [0, 0.05) is 25.1 Å². The Morgan fingerprint density at radius 3 is 2.44 bits per heavy atom. The monoisotopic (exact) mass is 364 g/mol. The Morgan fingerprint density at radius 2 is 1.88 bits per heavy atom. The summed E-state index contributed by atoms with van der Waals surface area (Å²) in [5.41, 5.74) is 1.07. The first-order valence-corrected chi connectivity index (χ1v) is 10.00. The van der Waals surface area contributed by atoms with Crippen LogP contribution in [0.1, 0.15) is 36.4 Å². The summed E-state index contributed by atoms with van der Waals surface area (Å²) in [4.78, 5) is 12.1. The average molecular weight is 364 g/mol. The summed E-state index contributed by atoms with van der Waals surface area (Å²) in [5, 5.41) is 2.85. The van der Waals surface area contributed by atoms with E-state index in [0.717, 1.165) is 18.6 Å². The standard InChI is InChI=1S/C18H24N2O4S/c1-3-20(25(22,23)4-2)16-11-9-15(10-12-16)18(21)19-13-5-7-17-8-6-14-24-17/h6,8-12,14H,3-5,7,13H2,1-2H3,(H,19,21). The minimum atomic E-state index is -3.31. The Morgan fingerprint density at radius 1 is 1.16 bits per heavy atom. The van der Waals surface area contributed by atoms with Crippen LogP contribution in [0.25, 0.3) is 0 Å². The highest BCUT2D eigenvalue weighted by Crippen LogP contribution is 2.19. The molecule has 1 N–H and O–H groups in total. The van der Waals surface area contributed by atoms with Crippen molar-refractivity contribution in [2.45, 2.75) is 26.7 Å². The zero-order chi connectivity index (χ0) is 18.3. The molecule has 1 aromatic carbocycles. The molecule has 1 aromatic heterocycles. The van der Waals surface area contributed by atoms with Gasteiger partial charge in [0.15, 0.2) is 0 Å². The van der Waals surface area contributed by atoms with Crippen molar-refractivity contribution < 1.29 is 17.6 Å². The van der Waals surface area contributed by atoms with Gasteiger partial charge in [-0.2, -0.15) is 0 Å². The first-order valence-electron chi connectivity index (χ1n) is 8.39. The summed E-state index contributed by atoms with van der Waals surface area (Å²) in [5.74, 6) is 0.765. The molecule has 0 aliphatic carbocycles. The molecule has 0 saturated heterocycles. The molecule has 2 aromatic rings. The molecule has 0 aliphatic heterocycles. The first kappa shape index (κ1) is 19.1. The predicted octanol–water partition coefficient (Wildman–Crippen LogP) is 2.82. The number of amides is 1. The van der Waals surface area contributed by atoms with E-state index in [1.54, 1.807) is 44.4 Å². The maximum Gasteiger partial charge on any atom is 0.251 e. The molecule has 0 atom stereocenters. The lowest BCUT2D eigenvalue weighted by Gasteiger charge is -2.22. The Labute approximate surface area is 148 Å². The summed E-state index contributed by atoms with van der Waals surface area (Å²) in [6, 6.07) is 10.4. The van der Waals surface area contributed by atoms with Crippen molar-refractivity contribution in [1.82, 2.24) is 5.32 Å². The van der Waals surface area contributed by atoms with Gasteiger partial charge in [-0.15, -0.1) is 0 Å². The lowest BCUT2D eigenvalue weighted by molar-refractivity contribution is 0.0953. The van der Waals surface area contributed by atoms with E-state index in [4.69, 9.17) is 4.42 Å². The second-order valence-electron chi connectivity index (χ2n) is 5.55. The number of hydrogen-bond donors (Lipinski definition) is 1. The topological polar surface area (TPSA) is 79.6 Å². The van der Waals surface area contributed by atoms with Gasteiger partial charge in [0.2, 0.25) is 10.0 Å². The lowest BCUT2D eigenvalue weighted by atomic mass is 10.2. The zero-order valence-corrected chi connectivity index (χ0v) is 15.4. The van der Waals surface area contributed by atoms with Crippen LogP contribution in [0.2, 0.25) is 0 Å². The third-order valence-electron chi connectivity index (χ3n) is 3.87. The fourth-order valence-electron chi connectivity index (χ4n) is 2.50. The van der Waals surface area contributed by atoms with Gasteiger partial charge in [-0.05, 0) is 56.7 Å². The Balaban J connectivity index is 1.91. The molecule has 6 nitrogen and oxygen atoms in total. The SMILES string of the molecule is CCN(c1ccc(C(=O)NCCCc2ccco2)cc1)S(=O)(=O)CC. The molecule has 0 aliphatic rings. The highest BCUT2D eigenvalue weighted by atomic mass is 32.2. The van der Waals surface area contributed by atoms with E-state index in [0.29, 0.717) is 24.3 Å². The van der Waals surface area contributed by atoms with Crippen molar-refractivity contribution in [2.75, 3.05) is 23.1 Å². The minimum absolute atomic E-state index is 0.0404. The van der Waals surface area contributed by atoms with Crippen LogP contribution in [0.3, 0.4) is 0 Å². The van der Waals surface area contributed by atoms with Crippen molar-refractivity contribution in [3.05, 3.63) is 54.0 Å². The smallest absolute Gasteiger partial charge is 0.251 e. The van der Waals surface area contributed by atoms with E-state index in [-0.39, 0.29) is 11.7 Å². The van der Waals surface area contributed by atoms with E-state index >= 15 is 0 Å². The average Bonchev–Trinajstić information content (AvgIpc) is 3.13. The second kappa shape index (κ2) is 8.71. The third kappa shape index (κ3) is 5.09. The van der Waals surface area contributed by atoms with Crippen LogP contribution in [0.4, 0.5) is 5.69 Å². The van der Waals surface area contributed by atoms with Crippen molar-refractivity contribution in [1.29, 1.82) is 0 Å². The summed E-state index contributed by atoms with van der Waals surface area (Å²) >= 11 is 0. The quantitative estimate of drug-likeness (QED) is 0.694. The Kier molecular flexibility index (Phi) is 6.64. The molecule has 7 heteroatoms. The Hall–Kier alpha value is -2.28. The number of nitrogens with one attached hydrogen (secondary N) is 1. The van der Waals surface area contributed by atoms with Crippen molar-refractivity contribution in [3.8, 4) is 0 Å². The molecular formula is C18H24N2O4S. The van der Waals surface area contributed by atoms with Crippen LogP contribution in [-0.4, -0.2) is 33.2 Å². The number of furan rings is 1. The van der Waals surface area contributed by atoms with Crippen LogP contribution >= 0.6 is 0 Å². The van der Waals surface area contributed by atoms with Crippen molar-refractivity contribution >= 4 is 21.6 Å². The molecule has 0 bridgehead atoms. The van der Waals surface area contributed by atoms with E-state index < -0.39 is 10.0 Å². The van der Waals surface area contributed by atoms with Gasteiger partial charge in [0.1, 0.15) is 5.76 Å². The zero-order valence-electron chi connectivity index (χ0n) is 14.6. The van der Waals surface area contributed by atoms with E-state index in [1.807, 2.05) is 12.1 Å².